The van der Waals surface area contributed by atoms with Crippen LogP contribution in [0.15, 0.2) is 18.2 Å². The molecule has 1 aliphatic carbocycles. The molecule has 3 atom stereocenters. The van der Waals surface area contributed by atoms with Crippen LogP contribution < -0.4 is 0 Å². The van der Waals surface area contributed by atoms with Gasteiger partial charge in [0, 0.05) is 56.8 Å². The molecule has 0 bridgehead atoms. The molecular weight excluding hydrogens is 476 g/mol. The van der Waals surface area contributed by atoms with Crippen molar-refractivity contribution in [2.45, 2.75) is 76.8 Å². The summed E-state index contributed by atoms with van der Waals surface area (Å²) < 4.78 is 33.6. The molecule has 0 spiro atoms. The number of benzene rings is 1. The van der Waals surface area contributed by atoms with Crippen LogP contribution in [-0.4, -0.2) is 84.5 Å². The summed E-state index contributed by atoms with van der Waals surface area (Å²) in [6, 6.07) is 3.41. The van der Waals surface area contributed by atoms with Gasteiger partial charge in [0.25, 0.3) is 0 Å². The highest BCUT2D eigenvalue weighted by atomic mass is 19.1. The van der Waals surface area contributed by atoms with Gasteiger partial charge < -0.3 is 9.64 Å². The summed E-state index contributed by atoms with van der Waals surface area (Å²) in [5.74, 6) is -1.56. The maximum absolute atomic E-state index is 14.8. The van der Waals surface area contributed by atoms with Crippen LogP contribution in [0.5, 0.6) is 0 Å². The van der Waals surface area contributed by atoms with Crippen molar-refractivity contribution < 1.29 is 23.1 Å². The number of halogens is 2. The quantitative estimate of drug-likeness (QED) is 0.521. The third-order valence-corrected chi connectivity index (χ3v) is 8.77. The van der Waals surface area contributed by atoms with E-state index in [4.69, 9.17) is 4.74 Å². The molecule has 4 rings (SSSR count). The van der Waals surface area contributed by atoms with E-state index in [0.29, 0.717) is 50.7 Å². The number of carbonyl (C=O) groups excluding carboxylic acids is 2. The average Bonchev–Trinajstić information content (AvgIpc) is 3.33. The minimum Gasteiger partial charge on any atom is -0.468 e. The molecule has 3 fully saturated rings. The molecule has 1 aromatic carbocycles. The van der Waals surface area contributed by atoms with E-state index >= 15 is 0 Å². The van der Waals surface area contributed by atoms with Crippen molar-refractivity contribution in [3.05, 3.63) is 35.4 Å². The Morgan fingerprint density at radius 3 is 2.30 bits per heavy atom. The van der Waals surface area contributed by atoms with Crippen LogP contribution in [0, 0.1) is 23.5 Å². The summed E-state index contributed by atoms with van der Waals surface area (Å²) in [6.07, 6.45) is 6.87. The Morgan fingerprint density at radius 1 is 1.03 bits per heavy atom. The summed E-state index contributed by atoms with van der Waals surface area (Å²) in [7, 11) is 1.45. The van der Waals surface area contributed by atoms with Gasteiger partial charge in [-0.25, -0.2) is 8.78 Å². The van der Waals surface area contributed by atoms with E-state index in [0.717, 1.165) is 12.5 Å². The minimum atomic E-state index is -0.612. The molecular formula is C29H43F2N3O3. The molecule has 1 amide bonds. The smallest absolute Gasteiger partial charge is 0.323 e. The SMILES string of the molecule is COC(=O)[C@H](CC1CCCCC1)N1CCN(C(=O)[C@@H]2CN(C(C)(C)C)C[C@H]2c2ccc(F)cc2F)CC1. The zero-order chi connectivity index (χ0) is 26.7. The van der Waals surface area contributed by atoms with Crippen LogP contribution in [-0.2, 0) is 14.3 Å². The Labute approximate surface area is 220 Å². The number of hydrogen-bond donors (Lipinski definition) is 0. The second-order valence-corrected chi connectivity index (χ2v) is 12.1. The normalized spacial score (nSPS) is 25.3. The molecule has 6 nitrogen and oxygen atoms in total. The van der Waals surface area contributed by atoms with Crippen molar-refractivity contribution in [2.75, 3.05) is 46.4 Å². The molecule has 0 N–H and O–H groups in total. The van der Waals surface area contributed by atoms with Gasteiger partial charge in [-0.1, -0.05) is 38.2 Å². The fraction of sp³-hybridized carbons (Fsp3) is 0.724. The second-order valence-electron chi connectivity index (χ2n) is 12.1. The van der Waals surface area contributed by atoms with Crippen molar-refractivity contribution in [1.29, 1.82) is 0 Å². The van der Waals surface area contributed by atoms with Crippen molar-refractivity contribution in [2.24, 2.45) is 11.8 Å². The molecule has 0 radical (unpaired) electrons. The van der Waals surface area contributed by atoms with Gasteiger partial charge in [-0.15, -0.1) is 0 Å². The minimum absolute atomic E-state index is 0.0158. The zero-order valence-electron chi connectivity index (χ0n) is 22.8. The van der Waals surface area contributed by atoms with Crippen LogP contribution in [0.4, 0.5) is 8.78 Å². The molecule has 2 aliphatic heterocycles. The Balaban J connectivity index is 1.45. The lowest BCUT2D eigenvalue weighted by molar-refractivity contribution is -0.149. The van der Waals surface area contributed by atoms with Crippen LogP contribution in [0.25, 0.3) is 0 Å². The van der Waals surface area contributed by atoms with E-state index in [2.05, 4.69) is 30.6 Å². The standard InChI is InChI=1S/C29H43F2N3O3/c1-29(2,3)34-18-23(22-11-10-21(30)17-25(22)31)24(19-34)27(35)33-14-12-32(13-15-33)26(28(36)37-4)16-20-8-6-5-7-9-20/h10-11,17,20,23-24,26H,5-9,12-16,18-19H2,1-4H3/t23-,24+,26-/m0/s1. The number of piperazine rings is 1. The Morgan fingerprint density at radius 2 is 1.70 bits per heavy atom. The predicted octanol–water partition coefficient (Wildman–Crippen LogP) is 4.43. The second kappa shape index (κ2) is 11.8. The number of esters is 1. The molecule has 0 unspecified atom stereocenters. The monoisotopic (exact) mass is 519 g/mol. The number of amides is 1. The lowest BCUT2D eigenvalue weighted by atomic mass is 9.84. The Bertz CT molecular complexity index is 952. The van der Waals surface area contributed by atoms with E-state index in [1.165, 1.54) is 51.3 Å². The summed E-state index contributed by atoms with van der Waals surface area (Å²) >= 11 is 0. The first kappa shape index (κ1) is 28.0. The largest absolute Gasteiger partial charge is 0.468 e. The maximum atomic E-state index is 14.8. The highest BCUT2D eigenvalue weighted by molar-refractivity contribution is 5.81. The van der Waals surface area contributed by atoms with Gasteiger partial charge in [-0.3, -0.25) is 19.4 Å². The molecule has 1 aromatic rings. The molecule has 37 heavy (non-hydrogen) atoms. The maximum Gasteiger partial charge on any atom is 0.323 e. The number of rotatable bonds is 6. The Kier molecular flexibility index (Phi) is 8.89. The number of hydrogen-bond acceptors (Lipinski definition) is 5. The van der Waals surface area contributed by atoms with Crippen LogP contribution in [0.3, 0.4) is 0 Å². The molecule has 1 saturated carbocycles. The first-order valence-electron chi connectivity index (χ1n) is 13.9. The molecule has 0 aromatic heterocycles. The van der Waals surface area contributed by atoms with E-state index in [9.17, 15) is 18.4 Å². The number of carbonyl (C=O) groups is 2. The lowest BCUT2D eigenvalue weighted by Crippen LogP contribution is -2.56. The van der Waals surface area contributed by atoms with Crippen LogP contribution in [0.1, 0.15) is 70.8 Å². The first-order valence-corrected chi connectivity index (χ1v) is 13.9. The fourth-order valence-corrected chi connectivity index (χ4v) is 6.48. The van der Waals surface area contributed by atoms with Gasteiger partial charge in [0.1, 0.15) is 17.7 Å². The van der Waals surface area contributed by atoms with E-state index in [1.807, 2.05) is 4.90 Å². The third-order valence-electron chi connectivity index (χ3n) is 8.77. The lowest BCUT2D eigenvalue weighted by Gasteiger charge is -2.40. The molecule has 206 valence electrons. The number of ether oxygens (including phenoxy) is 1. The topological polar surface area (TPSA) is 53.1 Å². The van der Waals surface area contributed by atoms with Gasteiger partial charge in [-0.05, 0) is 44.7 Å². The molecule has 2 saturated heterocycles. The van der Waals surface area contributed by atoms with Crippen molar-refractivity contribution in [1.82, 2.24) is 14.7 Å². The van der Waals surface area contributed by atoms with Gasteiger partial charge >= 0.3 is 5.97 Å². The van der Waals surface area contributed by atoms with Crippen molar-refractivity contribution in [3.63, 3.8) is 0 Å². The molecule has 8 heteroatoms. The summed E-state index contributed by atoms with van der Waals surface area (Å²) in [4.78, 5) is 32.8. The summed E-state index contributed by atoms with van der Waals surface area (Å²) in [5, 5.41) is 0. The van der Waals surface area contributed by atoms with E-state index in [-0.39, 0.29) is 29.4 Å². The number of methoxy groups -OCH3 is 1. The van der Waals surface area contributed by atoms with Crippen LogP contribution >= 0.6 is 0 Å². The van der Waals surface area contributed by atoms with Gasteiger partial charge in [-0.2, -0.15) is 0 Å². The average molecular weight is 520 g/mol. The zero-order valence-corrected chi connectivity index (χ0v) is 22.8. The summed E-state index contributed by atoms with van der Waals surface area (Å²) in [6.45, 7) is 9.66. The van der Waals surface area contributed by atoms with E-state index < -0.39 is 17.6 Å². The summed E-state index contributed by atoms with van der Waals surface area (Å²) in [5.41, 5.74) is 0.235. The van der Waals surface area contributed by atoms with Gasteiger partial charge in [0.05, 0.1) is 13.0 Å². The van der Waals surface area contributed by atoms with Crippen molar-refractivity contribution in [3.8, 4) is 0 Å². The number of nitrogens with zero attached hydrogens (tertiary/aromatic N) is 3. The van der Waals surface area contributed by atoms with Crippen LogP contribution in [0.2, 0.25) is 0 Å². The third kappa shape index (κ3) is 6.51. The van der Waals surface area contributed by atoms with Crippen molar-refractivity contribution >= 4 is 11.9 Å². The Hall–Kier alpha value is -2.06. The molecule has 2 heterocycles. The highest BCUT2D eigenvalue weighted by Crippen LogP contribution is 2.39. The fourth-order valence-electron chi connectivity index (χ4n) is 6.48. The first-order chi connectivity index (χ1) is 17.6. The van der Waals surface area contributed by atoms with Gasteiger partial charge in [0.2, 0.25) is 5.91 Å². The number of likely N-dealkylation sites (tertiary alicyclic amines) is 1. The predicted molar refractivity (Wildman–Crippen MR) is 139 cm³/mol. The van der Waals surface area contributed by atoms with E-state index in [1.54, 1.807) is 0 Å². The highest BCUT2D eigenvalue weighted by Gasteiger charge is 2.45. The van der Waals surface area contributed by atoms with Gasteiger partial charge in [0.15, 0.2) is 0 Å². The molecule has 3 aliphatic rings.